The highest BCUT2D eigenvalue weighted by atomic mass is 32.2. The minimum absolute atomic E-state index is 0.0649. The van der Waals surface area contributed by atoms with E-state index in [0.29, 0.717) is 18.7 Å². The first kappa shape index (κ1) is 31.6. The molecule has 0 aliphatic carbocycles. The predicted octanol–water partition coefficient (Wildman–Crippen LogP) is 5.06. The standard InChI is InChI=1S/C31H38FN3O5S/c1-5-7-20-33-31(37)29(6-2)34(21-24-10-8-23(3)9-11-24)30(36)22-35(26-14-12-25(32)13-15-26)41(38,39)28-18-16-27(40-4)17-19-28/h8-19,29H,5-7,20-22H2,1-4H3,(H,33,37). The molecule has 0 aliphatic heterocycles. The van der Waals surface area contributed by atoms with Gasteiger partial charge in [0.1, 0.15) is 24.2 Å². The Labute approximate surface area is 242 Å². The molecule has 0 radical (unpaired) electrons. The van der Waals surface area contributed by atoms with Gasteiger partial charge < -0.3 is 15.0 Å². The fourth-order valence-corrected chi connectivity index (χ4v) is 5.74. The maximum atomic E-state index is 14.0. The number of sulfonamides is 1. The number of halogens is 1. The molecular formula is C31H38FN3O5S. The van der Waals surface area contributed by atoms with E-state index >= 15 is 0 Å². The maximum absolute atomic E-state index is 14.0. The summed E-state index contributed by atoms with van der Waals surface area (Å²) >= 11 is 0. The van der Waals surface area contributed by atoms with Gasteiger partial charge in [0.05, 0.1) is 17.7 Å². The molecule has 0 saturated carbocycles. The number of benzene rings is 3. The molecule has 0 aliphatic rings. The van der Waals surface area contributed by atoms with Crippen molar-refractivity contribution >= 4 is 27.5 Å². The Morgan fingerprint density at radius 1 is 0.951 bits per heavy atom. The van der Waals surface area contributed by atoms with Crippen LogP contribution in [-0.2, 0) is 26.2 Å². The Hall–Kier alpha value is -3.92. The third kappa shape index (κ3) is 8.29. The lowest BCUT2D eigenvalue weighted by molar-refractivity contribution is -0.140. The van der Waals surface area contributed by atoms with Crippen LogP contribution in [0.4, 0.5) is 10.1 Å². The summed E-state index contributed by atoms with van der Waals surface area (Å²) in [7, 11) is -2.79. The molecule has 0 saturated heterocycles. The molecule has 10 heteroatoms. The second-order valence-electron chi connectivity index (χ2n) is 9.74. The number of nitrogens with zero attached hydrogens (tertiary/aromatic N) is 2. The number of methoxy groups -OCH3 is 1. The molecule has 3 rings (SSSR count). The monoisotopic (exact) mass is 583 g/mol. The first-order valence-corrected chi connectivity index (χ1v) is 15.1. The van der Waals surface area contributed by atoms with Crippen LogP contribution in [0.25, 0.3) is 0 Å². The Balaban J connectivity index is 2.02. The highest BCUT2D eigenvalue weighted by Crippen LogP contribution is 2.26. The first-order valence-electron chi connectivity index (χ1n) is 13.7. The molecule has 41 heavy (non-hydrogen) atoms. The van der Waals surface area contributed by atoms with Gasteiger partial charge in [-0.3, -0.25) is 13.9 Å². The summed E-state index contributed by atoms with van der Waals surface area (Å²) in [5, 5.41) is 2.90. The van der Waals surface area contributed by atoms with Crippen molar-refractivity contribution in [3.05, 3.63) is 89.7 Å². The van der Waals surface area contributed by atoms with Gasteiger partial charge in [0.2, 0.25) is 11.8 Å². The fraction of sp³-hybridized carbons (Fsp3) is 0.355. The summed E-state index contributed by atoms with van der Waals surface area (Å²) < 4.78 is 47.6. The van der Waals surface area contributed by atoms with E-state index < -0.39 is 34.3 Å². The average molecular weight is 584 g/mol. The fourth-order valence-electron chi connectivity index (χ4n) is 4.33. The summed E-state index contributed by atoms with van der Waals surface area (Å²) in [6, 6.07) is 17.4. The van der Waals surface area contributed by atoms with Gasteiger partial charge in [-0.1, -0.05) is 50.1 Å². The second kappa shape index (κ2) is 14.6. The second-order valence-corrected chi connectivity index (χ2v) is 11.6. The number of anilines is 1. The molecule has 0 bridgehead atoms. The molecule has 0 aromatic heterocycles. The lowest BCUT2D eigenvalue weighted by Gasteiger charge is -2.33. The Bertz CT molecular complexity index is 1400. The summed E-state index contributed by atoms with van der Waals surface area (Å²) in [6.07, 6.45) is 2.03. The van der Waals surface area contributed by atoms with Crippen molar-refractivity contribution in [3.8, 4) is 5.75 Å². The van der Waals surface area contributed by atoms with Gasteiger partial charge in [-0.15, -0.1) is 0 Å². The van der Waals surface area contributed by atoms with Crippen molar-refractivity contribution in [2.45, 2.75) is 57.5 Å². The number of hydrogen-bond acceptors (Lipinski definition) is 5. The molecule has 0 spiro atoms. The van der Waals surface area contributed by atoms with Crippen molar-refractivity contribution in [2.75, 3.05) is 24.5 Å². The Kier molecular flexibility index (Phi) is 11.3. The molecule has 0 heterocycles. The van der Waals surface area contributed by atoms with Gasteiger partial charge in [-0.2, -0.15) is 0 Å². The minimum atomic E-state index is -4.26. The van der Waals surface area contributed by atoms with Crippen molar-refractivity contribution in [2.24, 2.45) is 0 Å². The van der Waals surface area contributed by atoms with E-state index in [1.165, 1.54) is 48.4 Å². The molecule has 2 amide bonds. The van der Waals surface area contributed by atoms with E-state index in [2.05, 4.69) is 5.32 Å². The molecule has 1 N–H and O–H groups in total. The molecule has 8 nitrogen and oxygen atoms in total. The number of unbranched alkanes of at least 4 members (excludes halogenated alkanes) is 1. The normalized spacial score (nSPS) is 11.9. The number of rotatable bonds is 14. The first-order chi connectivity index (χ1) is 19.6. The van der Waals surface area contributed by atoms with Crippen LogP contribution >= 0.6 is 0 Å². The molecule has 1 unspecified atom stereocenters. The van der Waals surface area contributed by atoms with Crippen LogP contribution in [0.15, 0.2) is 77.7 Å². The van der Waals surface area contributed by atoms with E-state index in [-0.39, 0.29) is 23.0 Å². The summed E-state index contributed by atoms with van der Waals surface area (Å²) in [6.45, 7) is 5.78. The third-order valence-electron chi connectivity index (χ3n) is 6.73. The van der Waals surface area contributed by atoms with Crippen LogP contribution in [-0.4, -0.2) is 51.4 Å². The Morgan fingerprint density at radius 2 is 1.59 bits per heavy atom. The van der Waals surface area contributed by atoms with Gasteiger partial charge in [-0.25, -0.2) is 12.8 Å². The summed E-state index contributed by atoms with van der Waals surface area (Å²) in [5.41, 5.74) is 1.96. The van der Waals surface area contributed by atoms with Crippen LogP contribution in [0.3, 0.4) is 0 Å². The molecule has 220 valence electrons. The largest absolute Gasteiger partial charge is 0.497 e. The van der Waals surface area contributed by atoms with E-state index in [1.807, 2.05) is 45.0 Å². The lowest BCUT2D eigenvalue weighted by Crippen LogP contribution is -2.52. The number of amides is 2. The quantitative estimate of drug-likeness (QED) is 0.268. The van der Waals surface area contributed by atoms with E-state index in [4.69, 9.17) is 4.74 Å². The zero-order valence-electron chi connectivity index (χ0n) is 24.0. The van der Waals surface area contributed by atoms with Gasteiger partial charge >= 0.3 is 0 Å². The predicted molar refractivity (Wildman–Crippen MR) is 158 cm³/mol. The summed E-state index contributed by atoms with van der Waals surface area (Å²) in [5.74, 6) is -0.938. The minimum Gasteiger partial charge on any atom is -0.497 e. The van der Waals surface area contributed by atoms with Crippen molar-refractivity contribution in [1.82, 2.24) is 10.2 Å². The average Bonchev–Trinajstić information content (AvgIpc) is 2.97. The summed E-state index contributed by atoms with van der Waals surface area (Å²) in [4.78, 5) is 28.6. The van der Waals surface area contributed by atoms with Crippen LogP contribution in [0.2, 0.25) is 0 Å². The Morgan fingerprint density at radius 3 is 2.15 bits per heavy atom. The van der Waals surface area contributed by atoms with Crippen LogP contribution in [0.5, 0.6) is 5.75 Å². The van der Waals surface area contributed by atoms with Crippen LogP contribution in [0.1, 0.15) is 44.2 Å². The lowest BCUT2D eigenvalue weighted by atomic mass is 10.1. The topological polar surface area (TPSA) is 96.0 Å². The van der Waals surface area contributed by atoms with Gasteiger partial charge in [0, 0.05) is 13.1 Å². The highest BCUT2D eigenvalue weighted by molar-refractivity contribution is 7.92. The molecule has 1 atom stereocenters. The molecule has 3 aromatic rings. The van der Waals surface area contributed by atoms with Crippen LogP contribution < -0.4 is 14.4 Å². The van der Waals surface area contributed by atoms with Gasteiger partial charge in [0.15, 0.2) is 0 Å². The van der Waals surface area contributed by atoms with E-state index in [1.54, 1.807) is 0 Å². The number of carbonyl (C=O) groups is 2. The number of ether oxygens (including phenoxy) is 1. The molecule has 0 fully saturated rings. The zero-order chi connectivity index (χ0) is 30.0. The number of hydrogen-bond donors (Lipinski definition) is 1. The van der Waals surface area contributed by atoms with Crippen LogP contribution in [0, 0.1) is 12.7 Å². The molecule has 3 aromatic carbocycles. The zero-order valence-corrected chi connectivity index (χ0v) is 24.8. The van der Waals surface area contributed by atoms with Gasteiger partial charge in [0.25, 0.3) is 10.0 Å². The number of carbonyl (C=O) groups excluding carboxylic acids is 2. The smallest absolute Gasteiger partial charge is 0.264 e. The number of nitrogens with one attached hydrogen (secondary N) is 1. The third-order valence-corrected chi connectivity index (χ3v) is 8.52. The molecular weight excluding hydrogens is 545 g/mol. The number of aryl methyl sites for hydroxylation is 1. The van der Waals surface area contributed by atoms with Crippen molar-refractivity contribution in [1.29, 1.82) is 0 Å². The van der Waals surface area contributed by atoms with Crippen molar-refractivity contribution < 1.29 is 27.1 Å². The maximum Gasteiger partial charge on any atom is 0.264 e. The van der Waals surface area contributed by atoms with Crippen molar-refractivity contribution in [3.63, 3.8) is 0 Å². The van der Waals surface area contributed by atoms with E-state index in [0.717, 1.165) is 40.4 Å². The van der Waals surface area contributed by atoms with Gasteiger partial charge in [-0.05, 0) is 73.9 Å². The van der Waals surface area contributed by atoms with E-state index in [9.17, 15) is 22.4 Å². The SMILES string of the molecule is CCCCNC(=O)C(CC)N(Cc1ccc(C)cc1)C(=O)CN(c1ccc(F)cc1)S(=O)(=O)c1ccc(OC)cc1. The highest BCUT2D eigenvalue weighted by Gasteiger charge is 2.33.